The van der Waals surface area contributed by atoms with Crippen molar-refractivity contribution in [1.29, 1.82) is 0 Å². The fourth-order valence-corrected chi connectivity index (χ4v) is 2.20. The Hall–Kier alpha value is -1.51. The van der Waals surface area contributed by atoms with E-state index in [-0.39, 0.29) is 5.91 Å². The molecular formula is C14H19NO2. The average Bonchev–Trinajstić information content (AvgIpc) is 2.37. The summed E-state index contributed by atoms with van der Waals surface area (Å²) in [5, 5.41) is 0. The van der Waals surface area contributed by atoms with Gasteiger partial charge in [-0.05, 0) is 36.6 Å². The summed E-state index contributed by atoms with van der Waals surface area (Å²) in [7, 11) is 1.65. The molecule has 0 saturated heterocycles. The van der Waals surface area contributed by atoms with Gasteiger partial charge in [-0.15, -0.1) is 0 Å². The van der Waals surface area contributed by atoms with Crippen LogP contribution in [0.4, 0.5) is 0 Å². The standard InChI is InChI=1S/C14H19NO2/c1-3-4-8-15-9-7-11-10-12(17-2)5-6-13(11)14(15)16/h5-6,10H,3-4,7-9H2,1-2H3. The highest BCUT2D eigenvalue weighted by atomic mass is 16.5. The molecule has 3 heteroatoms. The summed E-state index contributed by atoms with van der Waals surface area (Å²) in [6.45, 7) is 3.85. The topological polar surface area (TPSA) is 29.5 Å². The summed E-state index contributed by atoms with van der Waals surface area (Å²) in [4.78, 5) is 14.2. The van der Waals surface area contributed by atoms with Crippen LogP contribution in [0.25, 0.3) is 0 Å². The third-order valence-corrected chi connectivity index (χ3v) is 3.26. The first-order valence-electron chi connectivity index (χ1n) is 6.22. The van der Waals surface area contributed by atoms with E-state index in [1.165, 1.54) is 0 Å². The van der Waals surface area contributed by atoms with Crippen LogP contribution < -0.4 is 4.74 Å². The number of fused-ring (bicyclic) bond motifs is 1. The number of ether oxygens (including phenoxy) is 1. The number of benzene rings is 1. The zero-order valence-electron chi connectivity index (χ0n) is 10.5. The number of amides is 1. The maximum absolute atomic E-state index is 12.2. The molecule has 0 fully saturated rings. The van der Waals surface area contributed by atoms with Crippen LogP contribution in [0.2, 0.25) is 0 Å². The van der Waals surface area contributed by atoms with Gasteiger partial charge >= 0.3 is 0 Å². The van der Waals surface area contributed by atoms with Crippen LogP contribution in [0.1, 0.15) is 35.7 Å². The van der Waals surface area contributed by atoms with Gasteiger partial charge in [0.25, 0.3) is 5.91 Å². The van der Waals surface area contributed by atoms with Crippen LogP contribution in [0, 0.1) is 0 Å². The molecule has 17 heavy (non-hydrogen) atoms. The van der Waals surface area contributed by atoms with Crippen LogP contribution in [-0.2, 0) is 6.42 Å². The van der Waals surface area contributed by atoms with Gasteiger partial charge in [0, 0.05) is 18.7 Å². The predicted octanol–water partition coefficient (Wildman–Crippen LogP) is 2.49. The summed E-state index contributed by atoms with van der Waals surface area (Å²) in [5.74, 6) is 1.00. The molecule has 1 aliphatic rings. The maximum atomic E-state index is 12.2. The molecule has 0 radical (unpaired) electrons. The maximum Gasteiger partial charge on any atom is 0.254 e. The smallest absolute Gasteiger partial charge is 0.254 e. The molecule has 0 N–H and O–H groups in total. The Bertz CT molecular complexity index is 415. The van der Waals surface area contributed by atoms with Crippen molar-refractivity contribution in [2.75, 3.05) is 20.2 Å². The number of carbonyl (C=O) groups excluding carboxylic acids is 1. The van der Waals surface area contributed by atoms with Crippen molar-refractivity contribution in [2.24, 2.45) is 0 Å². The number of carbonyl (C=O) groups is 1. The van der Waals surface area contributed by atoms with Crippen molar-refractivity contribution in [2.45, 2.75) is 26.2 Å². The molecule has 2 rings (SSSR count). The molecule has 1 aliphatic heterocycles. The summed E-state index contributed by atoms with van der Waals surface area (Å²) in [6.07, 6.45) is 3.14. The van der Waals surface area contributed by atoms with Gasteiger partial charge in [-0.25, -0.2) is 0 Å². The molecule has 0 saturated carbocycles. The lowest BCUT2D eigenvalue weighted by Crippen LogP contribution is -2.38. The highest BCUT2D eigenvalue weighted by Gasteiger charge is 2.23. The fraction of sp³-hybridized carbons (Fsp3) is 0.500. The Morgan fingerprint density at radius 2 is 2.24 bits per heavy atom. The zero-order valence-corrected chi connectivity index (χ0v) is 10.5. The van der Waals surface area contributed by atoms with Gasteiger partial charge in [0.15, 0.2) is 0 Å². The third kappa shape index (κ3) is 2.43. The van der Waals surface area contributed by atoms with Crippen LogP contribution in [0.3, 0.4) is 0 Å². The van der Waals surface area contributed by atoms with E-state index in [9.17, 15) is 4.79 Å². The minimum absolute atomic E-state index is 0.169. The summed E-state index contributed by atoms with van der Waals surface area (Å²) < 4.78 is 5.18. The van der Waals surface area contributed by atoms with Gasteiger partial charge in [-0.2, -0.15) is 0 Å². The van der Waals surface area contributed by atoms with Crippen LogP contribution in [-0.4, -0.2) is 31.0 Å². The lowest BCUT2D eigenvalue weighted by Gasteiger charge is -2.28. The molecule has 0 atom stereocenters. The number of hydrogen-bond acceptors (Lipinski definition) is 2. The lowest BCUT2D eigenvalue weighted by atomic mass is 9.98. The average molecular weight is 233 g/mol. The molecule has 1 aromatic rings. The monoisotopic (exact) mass is 233 g/mol. The Morgan fingerprint density at radius 1 is 1.41 bits per heavy atom. The van der Waals surface area contributed by atoms with Crippen molar-refractivity contribution in [3.05, 3.63) is 29.3 Å². The highest BCUT2D eigenvalue weighted by Crippen LogP contribution is 2.23. The molecule has 0 spiro atoms. The van der Waals surface area contributed by atoms with Gasteiger partial charge in [-0.1, -0.05) is 13.3 Å². The zero-order chi connectivity index (χ0) is 12.3. The van der Waals surface area contributed by atoms with Gasteiger partial charge in [0.1, 0.15) is 5.75 Å². The molecule has 0 aliphatic carbocycles. The van der Waals surface area contributed by atoms with E-state index in [1.54, 1.807) is 7.11 Å². The highest BCUT2D eigenvalue weighted by molar-refractivity contribution is 5.96. The second-order valence-electron chi connectivity index (χ2n) is 4.42. The first-order chi connectivity index (χ1) is 8.26. The fourth-order valence-electron chi connectivity index (χ4n) is 2.20. The van der Waals surface area contributed by atoms with Gasteiger partial charge < -0.3 is 9.64 Å². The van der Waals surface area contributed by atoms with Crippen molar-refractivity contribution >= 4 is 5.91 Å². The molecule has 0 aromatic heterocycles. The second kappa shape index (κ2) is 5.21. The van der Waals surface area contributed by atoms with Gasteiger partial charge in [0.05, 0.1) is 7.11 Å². The molecule has 0 unspecified atom stereocenters. The van der Waals surface area contributed by atoms with Crippen molar-refractivity contribution in [3.63, 3.8) is 0 Å². The van der Waals surface area contributed by atoms with Crippen LogP contribution in [0.5, 0.6) is 5.75 Å². The third-order valence-electron chi connectivity index (χ3n) is 3.26. The quantitative estimate of drug-likeness (QED) is 0.799. The van der Waals surface area contributed by atoms with Crippen LogP contribution in [0.15, 0.2) is 18.2 Å². The van der Waals surface area contributed by atoms with Crippen molar-refractivity contribution in [3.8, 4) is 5.75 Å². The normalized spacial score (nSPS) is 14.7. The first-order valence-corrected chi connectivity index (χ1v) is 6.22. The minimum atomic E-state index is 0.169. The van der Waals surface area contributed by atoms with E-state index in [2.05, 4.69) is 6.92 Å². The molecular weight excluding hydrogens is 214 g/mol. The number of nitrogens with zero attached hydrogens (tertiary/aromatic N) is 1. The predicted molar refractivity (Wildman–Crippen MR) is 67.5 cm³/mol. The largest absolute Gasteiger partial charge is 0.497 e. The number of rotatable bonds is 4. The summed E-state index contributed by atoms with van der Waals surface area (Å²) in [6, 6.07) is 5.72. The summed E-state index contributed by atoms with van der Waals surface area (Å²) in [5.41, 5.74) is 1.95. The van der Waals surface area contributed by atoms with Crippen molar-refractivity contribution in [1.82, 2.24) is 4.90 Å². The van der Waals surface area contributed by atoms with Gasteiger partial charge in [0.2, 0.25) is 0 Å². The van der Waals surface area contributed by atoms with E-state index in [0.29, 0.717) is 0 Å². The van der Waals surface area contributed by atoms with E-state index < -0.39 is 0 Å². The van der Waals surface area contributed by atoms with Gasteiger partial charge in [-0.3, -0.25) is 4.79 Å². The molecule has 0 bridgehead atoms. The number of unbranched alkanes of at least 4 members (excludes halogenated alkanes) is 1. The number of methoxy groups -OCH3 is 1. The SMILES string of the molecule is CCCCN1CCc2cc(OC)ccc2C1=O. The molecule has 1 aromatic carbocycles. The van der Waals surface area contributed by atoms with E-state index in [1.807, 2.05) is 23.1 Å². The first kappa shape index (κ1) is 12.0. The Kier molecular flexibility index (Phi) is 3.67. The Morgan fingerprint density at radius 3 is 2.94 bits per heavy atom. The lowest BCUT2D eigenvalue weighted by molar-refractivity contribution is 0.0737. The molecule has 92 valence electrons. The Labute approximate surface area is 102 Å². The van der Waals surface area contributed by atoms with Crippen molar-refractivity contribution < 1.29 is 9.53 Å². The number of hydrogen-bond donors (Lipinski definition) is 0. The Balaban J connectivity index is 2.18. The van der Waals surface area contributed by atoms with E-state index in [0.717, 1.165) is 49.2 Å². The van der Waals surface area contributed by atoms with E-state index in [4.69, 9.17) is 4.74 Å². The second-order valence-corrected chi connectivity index (χ2v) is 4.42. The van der Waals surface area contributed by atoms with Crippen LogP contribution >= 0.6 is 0 Å². The summed E-state index contributed by atoms with van der Waals surface area (Å²) >= 11 is 0. The molecule has 1 amide bonds. The van der Waals surface area contributed by atoms with E-state index >= 15 is 0 Å². The molecule has 1 heterocycles. The minimum Gasteiger partial charge on any atom is -0.497 e. The molecule has 3 nitrogen and oxygen atoms in total.